The summed E-state index contributed by atoms with van der Waals surface area (Å²) in [6.45, 7) is 6.65. The van der Waals surface area contributed by atoms with Crippen LogP contribution in [-0.2, 0) is 15.3 Å². The molecular formula is C17H28O2S. The summed E-state index contributed by atoms with van der Waals surface area (Å²) in [6.07, 6.45) is 8.43. The second-order valence-electron chi connectivity index (χ2n) is 6.02. The van der Waals surface area contributed by atoms with E-state index in [1.165, 1.54) is 31.9 Å². The van der Waals surface area contributed by atoms with E-state index in [2.05, 4.69) is 26.8 Å². The fraction of sp³-hybridized carbons (Fsp3) is 0.647. The average Bonchev–Trinajstić information content (AvgIpc) is 2.42. The van der Waals surface area contributed by atoms with Gasteiger partial charge in [0.15, 0.2) is 9.84 Å². The molecule has 1 unspecified atom stereocenters. The number of hydrogen-bond donors (Lipinski definition) is 0. The molecule has 20 heavy (non-hydrogen) atoms. The molecule has 0 aromatic heterocycles. The first kappa shape index (κ1) is 17.2. The molecule has 0 amide bonds. The SMILES string of the molecule is CCCCCCC(C)(CC)c1cccc(S(C)(=O)=O)c1. The van der Waals surface area contributed by atoms with Crippen LogP contribution in [-0.4, -0.2) is 14.7 Å². The Balaban J connectivity index is 2.93. The predicted molar refractivity (Wildman–Crippen MR) is 86.0 cm³/mol. The lowest BCUT2D eigenvalue weighted by Crippen LogP contribution is -2.21. The molecule has 0 aliphatic heterocycles. The quantitative estimate of drug-likeness (QED) is 0.650. The summed E-state index contributed by atoms with van der Waals surface area (Å²) in [4.78, 5) is 0.434. The summed E-state index contributed by atoms with van der Waals surface area (Å²) in [5.74, 6) is 0. The number of sulfone groups is 1. The van der Waals surface area contributed by atoms with Gasteiger partial charge >= 0.3 is 0 Å². The molecule has 0 aliphatic carbocycles. The van der Waals surface area contributed by atoms with Crippen molar-refractivity contribution in [2.75, 3.05) is 6.26 Å². The van der Waals surface area contributed by atoms with E-state index in [9.17, 15) is 8.42 Å². The van der Waals surface area contributed by atoms with Crippen LogP contribution in [0.2, 0.25) is 0 Å². The first-order valence-corrected chi connectivity index (χ1v) is 9.53. The molecule has 0 fully saturated rings. The van der Waals surface area contributed by atoms with Crippen LogP contribution in [0.25, 0.3) is 0 Å². The number of benzene rings is 1. The molecule has 1 atom stereocenters. The molecular weight excluding hydrogens is 268 g/mol. The van der Waals surface area contributed by atoms with Crippen molar-refractivity contribution in [1.29, 1.82) is 0 Å². The molecule has 0 aliphatic rings. The molecule has 0 N–H and O–H groups in total. The van der Waals surface area contributed by atoms with E-state index >= 15 is 0 Å². The van der Waals surface area contributed by atoms with E-state index < -0.39 is 9.84 Å². The van der Waals surface area contributed by atoms with E-state index in [0.29, 0.717) is 4.90 Å². The van der Waals surface area contributed by atoms with Crippen molar-refractivity contribution in [3.05, 3.63) is 29.8 Å². The normalized spacial score (nSPS) is 15.0. The Labute approximate surface area is 124 Å². The highest BCUT2D eigenvalue weighted by atomic mass is 32.2. The molecule has 1 aromatic carbocycles. The lowest BCUT2D eigenvalue weighted by molar-refractivity contribution is 0.395. The van der Waals surface area contributed by atoms with E-state index in [1.54, 1.807) is 6.07 Å². The second kappa shape index (κ2) is 7.26. The van der Waals surface area contributed by atoms with Crippen molar-refractivity contribution < 1.29 is 8.42 Å². The van der Waals surface area contributed by atoms with Gasteiger partial charge in [-0.15, -0.1) is 0 Å². The van der Waals surface area contributed by atoms with Gasteiger partial charge in [-0.05, 0) is 36.0 Å². The van der Waals surface area contributed by atoms with E-state index in [1.807, 2.05) is 12.1 Å². The van der Waals surface area contributed by atoms with Crippen molar-refractivity contribution in [1.82, 2.24) is 0 Å². The molecule has 0 heterocycles. The monoisotopic (exact) mass is 296 g/mol. The van der Waals surface area contributed by atoms with Crippen molar-refractivity contribution in [3.8, 4) is 0 Å². The maximum atomic E-state index is 11.7. The highest BCUT2D eigenvalue weighted by molar-refractivity contribution is 7.90. The van der Waals surface area contributed by atoms with Gasteiger partial charge in [-0.1, -0.05) is 58.6 Å². The van der Waals surface area contributed by atoms with Crippen molar-refractivity contribution in [2.45, 2.75) is 69.6 Å². The summed E-state index contributed by atoms with van der Waals surface area (Å²) in [5.41, 5.74) is 1.23. The first-order valence-electron chi connectivity index (χ1n) is 7.64. The van der Waals surface area contributed by atoms with Crippen LogP contribution in [0.5, 0.6) is 0 Å². The standard InChI is InChI=1S/C17H28O2S/c1-5-7-8-9-13-17(3,6-2)15-11-10-12-16(14-15)20(4,18)19/h10-12,14H,5-9,13H2,1-4H3. The topological polar surface area (TPSA) is 34.1 Å². The van der Waals surface area contributed by atoms with Gasteiger partial charge < -0.3 is 0 Å². The lowest BCUT2D eigenvalue weighted by atomic mass is 9.76. The summed E-state index contributed by atoms with van der Waals surface area (Å²) in [5, 5.41) is 0. The van der Waals surface area contributed by atoms with Gasteiger partial charge in [0.1, 0.15) is 0 Å². The van der Waals surface area contributed by atoms with Crippen molar-refractivity contribution in [3.63, 3.8) is 0 Å². The lowest BCUT2D eigenvalue weighted by Gasteiger charge is -2.29. The second-order valence-corrected chi connectivity index (χ2v) is 8.04. The third kappa shape index (κ3) is 4.62. The predicted octanol–water partition coefficient (Wildman–Crippen LogP) is 4.73. The zero-order chi connectivity index (χ0) is 15.2. The van der Waals surface area contributed by atoms with E-state index in [-0.39, 0.29) is 5.41 Å². The molecule has 1 aromatic rings. The van der Waals surface area contributed by atoms with Crippen LogP contribution < -0.4 is 0 Å². The summed E-state index contributed by atoms with van der Waals surface area (Å²) in [7, 11) is -3.12. The van der Waals surface area contributed by atoms with Gasteiger partial charge in [-0.2, -0.15) is 0 Å². The Morgan fingerprint density at radius 1 is 1.10 bits per heavy atom. The van der Waals surface area contributed by atoms with Crippen molar-refractivity contribution >= 4 is 9.84 Å². The molecule has 0 saturated heterocycles. The number of unbranched alkanes of at least 4 members (excludes halogenated alkanes) is 3. The molecule has 3 heteroatoms. The van der Waals surface area contributed by atoms with Crippen LogP contribution in [0.1, 0.15) is 64.9 Å². The van der Waals surface area contributed by atoms with Crippen LogP contribution >= 0.6 is 0 Å². The molecule has 1 rings (SSSR count). The van der Waals surface area contributed by atoms with Crippen LogP contribution in [0, 0.1) is 0 Å². The molecule has 0 bridgehead atoms. The van der Waals surface area contributed by atoms with Gasteiger partial charge in [0, 0.05) is 6.26 Å². The minimum Gasteiger partial charge on any atom is -0.224 e. The summed E-state index contributed by atoms with van der Waals surface area (Å²) in [6, 6.07) is 7.48. The fourth-order valence-corrected chi connectivity index (χ4v) is 3.24. The van der Waals surface area contributed by atoms with Gasteiger partial charge in [-0.3, -0.25) is 0 Å². The fourth-order valence-electron chi connectivity index (χ4n) is 2.57. The smallest absolute Gasteiger partial charge is 0.175 e. The third-order valence-electron chi connectivity index (χ3n) is 4.32. The Morgan fingerprint density at radius 3 is 2.35 bits per heavy atom. The first-order chi connectivity index (χ1) is 9.33. The van der Waals surface area contributed by atoms with Crippen LogP contribution in [0.4, 0.5) is 0 Å². The van der Waals surface area contributed by atoms with Gasteiger partial charge in [0.2, 0.25) is 0 Å². The average molecular weight is 296 g/mol. The maximum Gasteiger partial charge on any atom is 0.175 e. The zero-order valence-corrected chi connectivity index (χ0v) is 14.1. The van der Waals surface area contributed by atoms with Gasteiger partial charge in [0.05, 0.1) is 4.90 Å². The third-order valence-corrected chi connectivity index (χ3v) is 5.43. The maximum absolute atomic E-state index is 11.7. The Kier molecular flexibility index (Phi) is 6.25. The minimum absolute atomic E-state index is 0.0778. The summed E-state index contributed by atoms with van der Waals surface area (Å²) >= 11 is 0. The molecule has 114 valence electrons. The number of hydrogen-bond acceptors (Lipinski definition) is 2. The van der Waals surface area contributed by atoms with E-state index in [4.69, 9.17) is 0 Å². The molecule has 0 saturated carbocycles. The highest BCUT2D eigenvalue weighted by Gasteiger charge is 2.25. The Bertz CT molecular complexity index is 520. The van der Waals surface area contributed by atoms with E-state index in [0.717, 1.165) is 18.4 Å². The van der Waals surface area contributed by atoms with Gasteiger partial charge in [0.25, 0.3) is 0 Å². The summed E-state index contributed by atoms with van der Waals surface area (Å²) < 4.78 is 23.4. The van der Waals surface area contributed by atoms with Crippen LogP contribution in [0.3, 0.4) is 0 Å². The Morgan fingerprint density at radius 2 is 1.80 bits per heavy atom. The van der Waals surface area contributed by atoms with Crippen molar-refractivity contribution in [2.24, 2.45) is 0 Å². The number of rotatable bonds is 8. The van der Waals surface area contributed by atoms with Crippen LogP contribution in [0.15, 0.2) is 29.2 Å². The molecule has 0 spiro atoms. The largest absolute Gasteiger partial charge is 0.224 e. The molecule has 0 radical (unpaired) electrons. The zero-order valence-electron chi connectivity index (χ0n) is 13.3. The molecule has 2 nitrogen and oxygen atoms in total. The highest BCUT2D eigenvalue weighted by Crippen LogP contribution is 2.34. The minimum atomic E-state index is -3.12. The van der Waals surface area contributed by atoms with Gasteiger partial charge in [-0.25, -0.2) is 8.42 Å². The Hall–Kier alpha value is -0.830.